The number of carbonyl (C=O) groups excluding carboxylic acids is 5. The number of amides is 1. The summed E-state index contributed by atoms with van der Waals surface area (Å²) in [5.74, 6) is -3.11. The average molecular weight is 1020 g/mol. The van der Waals surface area contributed by atoms with Crippen molar-refractivity contribution in [2.24, 2.45) is 0 Å². The van der Waals surface area contributed by atoms with E-state index in [0.717, 1.165) is 48.6 Å². The second-order valence-electron chi connectivity index (χ2n) is 17.8. The molecule has 5 aromatic rings. The number of benzene rings is 5. The van der Waals surface area contributed by atoms with Crippen LogP contribution in [0.2, 0.25) is 0 Å². The number of hydrogen-bond acceptors (Lipinski definition) is 16. The molecule has 74 heavy (non-hydrogen) atoms. The maximum atomic E-state index is 15.3. The lowest BCUT2D eigenvalue weighted by Crippen LogP contribution is -2.71. The van der Waals surface area contributed by atoms with Crippen molar-refractivity contribution in [2.45, 2.75) is 122 Å². The van der Waals surface area contributed by atoms with Crippen LogP contribution >= 0.6 is 0 Å². The fourth-order valence-electron chi connectivity index (χ4n) is 8.89. The van der Waals surface area contributed by atoms with E-state index in [1.807, 2.05) is 152 Å². The lowest BCUT2D eigenvalue weighted by molar-refractivity contribution is -0.314. The van der Waals surface area contributed by atoms with E-state index in [1.54, 1.807) is 0 Å². The Morgan fingerprint density at radius 2 is 0.784 bits per heavy atom. The molecule has 2 aliphatic rings. The van der Waals surface area contributed by atoms with Gasteiger partial charge in [-0.1, -0.05) is 152 Å². The highest BCUT2D eigenvalue weighted by atomic mass is 16.7. The Morgan fingerprint density at radius 1 is 0.392 bits per heavy atom. The second-order valence-corrected chi connectivity index (χ2v) is 17.8. The van der Waals surface area contributed by atoms with Crippen LogP contribution in [0.4, 0.5) is 4.79 Å². The van der Waals surface area contributed by atoms with Crippen LogP contribution < -0.4 is 0 Å². The summed E-state index contributed by atoms with van der Waals surface area (Å²) in [4.78, 5) is 67.3. The highest BCUT2D eigenvalue weighted by Gasteiger charge is 2.57. The molecule has 17 heteroatoms. The number of esters is 4. The van der Waals surface area contributed by atoms with Gasteiger partial charge in [0.2, 0.25) is 0 Å². The Bertz CT molecular complexity index is 2520. The summed E-state index contributed by atoms with van der Waals surface area (Å²) in [6, 6.07) is 45.3. The van der Waals surface area contributed by atoms with Gasteiger partial charge in [0.1, 0.15) is 37.6 Å². The highest BCUT2D eigenvalue weighted by molar-refractivity contribution is 5.70. The molecule has 2 aliphatic heterocycles. The average Bonchev–Trinajstić information content (AvgIpc) is 3.40. The summed E-state index contributed by atoms with van der Waals surface area (Å²) in [5.41, 5.74) is 4.11. The first kappa shape index (κ1) is 54.8. The molecular weight excluding hydrogens is 955 g/mol. The molecule has 0 N–H and O–H groups in total. The molecule has 0 aromatic heterocycles. The monoisotopic (exact) mass is 1020 g/mol. The normalized spacial score (nSPS) is 23.5. The van der Waals surface area contributed by atoms with E-state index in [2.05, 4.69) is 0 Å². The van der Waals surface area contributed by atoms with E-state index >= 15 is 4.79 Å². The summed E-state index contributed by atoms with van der Waals surface area (Å²) in [6.07, 6.45) is -11.2. The number of ether oxygens (including phenoxy) is 11. The summed E-state index contributed by atoms with van der Waals surface area (Å²) in [7, 11) is 0. The summed E-state index contributed by atoms with van der Waals surface area (Å²) < 4.78 is 69.3. The highest BCUT2D eigenvalue weighted by Crippen LogP contribution is 2.36. The number of hydrogen-bond donors (Lipinski definition) is 0. The molecule has 7 rings (SSSR count). The third-order valence-corrected chi connectivity index (χ3v) is 12.2. The van der Waals surface area contributed by atoms with Crippen molar-refractivity contribution >= 4 is 30.0 Å². The van der Waals surface area contributed by atoms with Crippen LogP contribution in [0.3, 0.4) is 0 Å². The van der Waals surface area contributed by atoms with Crippen molar-refractivity contribution in [3.63, 3.8) is 0 Å². The van der Waals surface area contributed by atoms with Gasteiger partial charge in [-0.05, 0) is 27.8 Å². The Morgan fingerprint density at radius 3 is 1.23 bits per heavy atom. The van der Waals surface area contributed by atoms with E-state index in [1.165, 1.54) is 11.8 Å². The number of carbonyl (C=O) groups is 5. The predicted octanol–water partition coefficient (Wildman–Crippen LogP) is 7.45. The molecule has 0 saturated carbocycles. The van der Waals surface area contributed by atoms with E-state index < -0.39 is 104 Å². The van der Waals surface area contributed by atoms with Gasteiger partial charge >= 0.3 is 30.0 Å². The van der Waals surface area contributed by atoms with E-state index in [-0.39, 0.29) is 39.6 Å². The summed E-state index contributed by atoms with van der Waals surface area (Å²) in [5, 5.41) is 0. The molecule has 0 radical (unpaired) electrons. The minimum atomic E-state index is -1.61. The van der Waals surface area contributed by atoms with Gasteiger partial charge in [0, 0.05) is 27.7 Å². The van der Waals surface area contributed by atoms with Crippen molar-refractivity contribution in [1.82, 2.24) is 4.90 Å². The second kappa shape index (κ2) is 27.9. The fourth-order valence-corrected chi connectivity index (χ4v) is 8.89. The standard InChI is InChI=1S/C57H63NO16/c1-38(59)65-37-49-52(71-39(2)60)54(72-40(3)61)55(73-41(4)62)56(74-49)69-36-48-51(67-32-44-24-14-7-15-25-44)53(68-33-45-26-16-8-17-27-45)50(66-31-43-22-12-6-13-23-43)47(35-64-30-42-20-10-5-11-21-42)58(48)57(63)70-34-46-28-18-9-19-29-46/h5-29,47-56H,30-37H2,1-4H3. The smallest absolute Gasteiger partial charge is 0.410 e. The van der Waals surface area contributed by atoms with E-state index in [9.17, 15) is 19.2 Å². The molecule has 0 spiro atoms. The zero-order valence-electron chi connectivity index (χ0n) is 41.8. The minimum absolute atomic E-state index is 0.0414. The molecule has 2 saturated heterocycles. The van der Waals surface area contributed by atoms with Gasteiger partial charge in [-0.2, -0.15) is 0 Å². The lowest BCUT2D eigenvalue weighted by atomic mass is 9.87. The molecule has 0 aliphatic carbocycles. The molecule has 1 amide bonds. The van der Waals surface area contributed by atoms with Crippen LogP contribution in [0.25, 0.3) is 0 Å². The molecule has 17 nitrogen and oxygen atoms in total. The fraction of sp³-hybridized carbons (Fsp3) is 0.386. The van der Waals surface area contributed by atoms with Gasteiger partial charge in [-0.15, -0.1) is 0 Å². The van der Waals surface area contributed by atoms with Crippen LogP contribution in [0.1, 0.15) is 55.5 Å². The van der Waals surface area contributed by atoms with Crippen LogP contribution in [0, 0.1) is 0 Å². The van der Waals surface area contributed by atoms with Crippen molar-refractivity contribution in [1.29, 1.82) is 0 Å². The molecule has 392 valence electrons. The number of piperidine rings is 1. The van der Waals surface area contributed by atoms with Crippen molar-refractivity contribution in [3.05, 3.63) is 179 Å². The predicted molar refractivity (Wildman–Crippen MR) is 265 cm³/mol. The minimum Gasteiger partial charge on any atom is -0.463 e. The number of nitrogens with zero attached hydrogens (tertiary/aromatic N) is 1. The van der Waals surface area contributed by atoms with Crippen LogP contribution in [-0.2, 0) is 104 Å². The maximum absolute atomic E-state index is 15.3. The Kier molecular flexibility index (Phi) is 20.6. The first-order valence-corrected chi connectivity index (χ1v) is 24.4. The molecular formula is C57H63NO16. The van der Waals surface area contributed by atoms with Crippen LogP contribution in [0.15, 0.2) is 152 Å². The summed E-state index contributed by atoms with van der Waals surface area (Å²) >= 11 is 0. The van der Waals surface area contributed by atoms with Crippen LogP contribution in [-0.4, -0.2) is 116 Å². The zero-order valence-corrected chi connectivity index (χ0v) is 41.8. The van der Waals surface area contributed by atoms with Crippen molar-refractivity contribution in [3.8, 4) is 0 Å². The largest absolute Gasteiger partial charge is 0.463 e. The first-order chi connectivity index (χ1) is 35.9. The van der Waals surface area contributed by atoms with Crippen LogP contribution in [0.5, 0.6) is 0 Å². The topological polar surface area (TPSA) is 190 Å². The van der Waals surface area contributed by atoms with Gasteiger partial charge in [-0.3, -0.25) is 24.1 Å². The van der Waals surface area contributed by atoms with Crippen molar-refractivity contribution in [2.75, 3.05) is 19.8 Å². The third-order valence-electron chi connectivity index (χ3n) is 12.2. The quantitative estimate of drug-likeness (QED) is 0.0463. The number of likely N-dealkylation sites (tertiary alicyclic amines) is 1. The van der Waals surface area contributed by atoms with Gasteiger partial charge < -0.3 is 52.1 Å². The van der Waals surface area contributed by atoms with E-state index in [4.69, 9.17) is 52.1 Å². The van der Waals surface area contributed by atoms with Gasteiger partial charge in [0.25, 0.3) is 0 Å². The molecule has 0 bridgehead atoms. The van der Waals surface area contributed by atoms with Gasteiger partial charge in [0.15, 0.2) is 24.6 Å². The molecule has 2 fully saturated rings. The Balaban J connectivity index is 1.36. The van der Waals surface area contributed by atoms with Crippen molar-refractivity contribution < 1.29 is 76.1 Å². The first-order valence-electron chi connectivity index (χ1n) is 24.4. The number of rotatable bonds is 23. The maximum Gasteiger partial charge on any atom is 0.410 e. The Labute approximate surface area is 430 Å². The molecule has 2 heterocycles. The van der Waals surface area contributed by atoms with E-state index in [0.29, 0.717) is 0 Å². The lowest BCUT2D eigenvalue weighted by Gasteiger charge is -2.52. The molecule has 5 aromatic carbocycles. The SMILES string of the molecule is CC(=O)OCC1OC(OCC2C(OCc3ccccc3)C(OCc3ccccc3)C(OCc3ccccc3)C(COCc3ccccc3)N2C(=O)OCc2ccccc2)C(OC(C)=O)C(OC(C)=O)C1OC(C)=O. The van der Waals surface area contributed by atoms with Gasteiger partial charge in [0.05, 0.1) is 51.7 Å². The summed E-state index contributed by atoms with van der Waals surface area (Å²) in [6.45, 7) is 3.86. The zero-order chi connectivity index (χ0) is 52.2. The Hall–Kier alpha value is -6.99. The van der Waals surface area contributed by atoms with Gasteiger partial charge in [-0.25, -0.2) is 4.79 Å². The molecule has 10 atom stereocenters. The molecule has 10 unspecified atom stereocenters. The third kappa shape index (κ3) is 16.0.